The summed E-state index contributed by atoms with van der Waals surface area (Å²) in [5.41, 5.74) is 0. The molecule has 0 aliphatic carbocycles. The third kappa shape index (κ3) is 3.27. The van der Waals surface area contributed by atoms with Gasteiger partial charge in [0.1, 0.15) is 0 Å². The summed E-state index contributed by atoms with van der Waals surface area (Å²) in [6.45, 7) is 2.26. The van der Waals surface area contributed by atoms with Crippen molar-refractivity contribution in [3.8, 4) is 0 Å². The SMILES string of the molecule is C[CH2][GeH2][I]. The number of hydrogen-bond donors (Lipinski definition) is 0. The molecule has 0 aliphatic rings. The Kier molecular flexibility index (Phi) is 5.63. The summed E-state index contributed by atoms with van der Waals surface area (Å²) in [6, 6.07) is 0. The number of hydrogen-bond acceptors (Lipinski definition) is 0. The van der Waals surface area contributed by atoms with Gasteiger partial charge < -0.3 is 0 Å². The van der Waals surface area contributed by atoms with Crippen molar-refractivity contribution in [1.82, 2.24) is 0 Å². The van der Waals surface area contributed by atoms with Gasteiger partial charge in [-0.3, -0.25) is 0 Å². The molecule has 0 unspecified atom stereocenters. The summed E-state index contributed by atoms with van der Waals surface area (Å²) in [5.74, 6) is 0. The molecule has 0 aromatic heterocycles. The molecule has 0 rings (SSSR count). The molecule has 0 atom stereocenters. The maximum atomic E-state index is 2.54. The van der Waals surface area contributed by atoms with E-state index in [1.54, 1.807) is 0 Å². The summed E-state index contributed by atoms with van der Waals surface area (Å²) in [6.07, 6.45) is 0. The van der Waals surface area contributed by atoms with Crippen LogP contribution >= 0.6 is 20.2 Å². The molecule has 26 valence electrons. The second-order valence-corrected chi connectivity index (χ2v) is 9.19. The molecular weight excluding hydrogens is 224 g/mol. The van der Waals surface area contributed by atoms with Crippen LogP contribution in [0.25, 0.3) is 0 Å². The Morgan fingerprint density at radius 3 is 2.25 bits per heavy atom. The molecule has 0 nitrogen and oxygen atoms in total. The van der Waals surface area contributed by atoms with Gasteiger partial charge in [0.05, 0.1) is 0 Å². The van der Waals surface area contributed by atoms with E-state index >= 15 is 0 Å². The molecule has 0 aromatic carbocycles. The zero-order valence-electron chi connectivity index (χ0n) is 2.79. The average molecular weight is 231 g/mol. The maximum absolute atomic E-state index is 2.54. The Balaban J connectivity index is 1.97. The van der Waals surface area contributed by atoms with Crippen molar-refractivity contribution in [3.63, 3.8) is 0 Å². The van der Waals surface area contributed by atoms with Gasteiger partial charge in [0.15, 0.2) is 0 Å². The van der Waals surface area contributed by atoms with Crippen LogP contribution in [0.2, 0.25) is 5.25 Å². The van der Waals surface area contributed by atoms with Crippen LogP contribution in [0.4, 0.5) is 0 Å². The summed E-state index contributed by atoms with van der Waals surface area (Å²) in [4.78, 5) is 0. The van der Waals surface area contributed by atoms with E-state index in [1.807, 2.05) is 0 Å². The van der Waals surface area contributed by atoms with Crippen molar-refractivity contribution in [2.24, 2.45) is 0 Å². The van der Waals surface area contributed by atoms with Crippen LogP contribution in [0, 0.1) is 0 Å². The van der Waals surface area contributed by atoms with Crippen LogP contribution in [0.5, 0.6) is 0 Å². The number of halogens is 1. The van der Waals surface area contributed by atoms with E-state index in [0.29, 0.717) is 0 Å². The van der Waals surface area contributed by atoms with E-state index in [1.165, 1.54) is 5.25 Å². The van der Waals surface area contributed by atoms with Crippen LogP contribution in [0.15, 0.2) is 0 Å². The number of rotatable bonds is 1. The zero-order valence-corrected chi connectivity index (χ0v) is 7.92. The molecule has 0 saturated carbocycles. The van der Waals surface area contributed by atoms with Crippen LogP contribution < -0.4 is 0 Å². The van der Waals surface area contributed by atoms with Gasteiger partial charge in [-0.05, 0) is 0 Å². The van der Waals surface area contributed by atoms with Gasteiger partial charge in [0.2, 0.25) is 0 Å². The third-order valence-corrected chi connectivity index (χ3v) is 6.59. The van der Waals surface area contributed by atoms with E-state index in [2.05, 4.69) is 27.1 Å². The van der Waals surface area contributed by atoms with E-state index in [4.69, 9.17) is 0 Å². The predicted molar refractivity (Wildman–Crippen MR) is 33.0 cm³/mol. The molecule has 0 aliphatic heterocycles. The fourth-order valence-corrected chi connectivity index (χ4v) is 0. The van der Waals surface area contributed by atoms with Crippen molar-refractivity contribution in [2.75, 3.05) is 0 Å². The van der Waals surface area contributed by atoms with Crippen molar-refractivity contribution in [1.29, 1.82) is 0 Å². The summed E-state index contributed by atoms with van der Waals surface area (Å²) in [7, 11) is 0. The Labute approximate surface area is 44.4 Å². The van der Waals surface area contributed by atoms with Crippen molar-refractivity contribution in [3.05, 3.63) is 0 Å². The van der Waals surface area contributed by atoms with Gasteiger partial charge in [-0.2, -0.15) is 0 Å². The summed E-state index contributed by atoms with van der Waals surface area (Å²) in [5, 5.41) is 1.49. The molecule has 0 radical (unpaired) electrons. The van der Waals surface area contributed by atoms with Crippen molar-refractivity contribution >= 4 is 32.3 Å². The van der Waals surface area contributed by atoms with Crippen LogP contribution in [-0.2, 0) is 0 Å². The Bertz CT molecular complexity index is 8.00. The first-order valence-electron chi connectivity index (χ1n) is 1.47. The minimum absolute atomic E-state index is 0.0811. The molecule has 4 heavy (non-hydrogen) atoms. The standard InChI is InChI=1S/C2H7GeI/c1-2-3-4/h2-3H2,1H3. The molecular formula is C2H7GeI. The molecule has 0 fully saturated rings. The van der Waals surface area contributed by atoms with E-state index < -0.39 is 0 Å². The average Bonchev–Trinajstić information content (AvgIpc) is 1.37. The molecule has 0 heterocycles. The topological polar surface area (TPSA) is 0 Å². The Hall–Kier alpha value is 1.27. The van der Waals surface area contributed by atoms with Crippen LogP contribution in [0.1, 0.15) is 6.92 Å². The van der Waals surface area contributed by atoms with E-state index in [0.717, 1.165) is 0 Å². The fourth-order valence-electron chi connectivity index (χ4n) is 0. The first-order valence-corrected chi connectivity index (χ1v) is 12.6. The second kappa shape index (κ2) is 4.27. The van der Waals surface area contributed by atoms with Crippen molar-refractivity contribution in [2.45, 2.75) is 12.2 Å². The zero-order chi connectivity index (χ0) is 3.41. The van der Waals surface area contributed by atoms with Crippen molar-refractivity contribution < 1.29 is 0 Å². The molecule has 0 aromatic rings. The van der Waals surface area contributed by atoms with Crippen LogP contribution in [-0.4, -0.2) is 12.1 Å². The molecule has 0 spiro atoms. The van der Waals surface area contributed by atoms with Gasteiger partial charge in [0.25, 0.3) is 0 Å². The van der Waals surface area contributed by atoms with Gasteiger partial charge in [-0.25, -0.2) is 0 Å². The Morgan fingerprint density at radius 2 is 2.25 bits per heavy atom. The molecule has 0 saturated heterocycles. The first kappa shape index (κ1) is 5.27. The monoisotopic (exact) mass is 232 g/mol. The van der Waals surface area contributed by atoms with Gasteiger partial charge in [-0.15, -0.1) is 0 Å². The second-order valence-electron chi connectivity index (χ2n) is 0.689. The fraction of sp³-hybridized carbons (Fsp3) is 1.00. The van der Waals surface area contributed by atoms with Gasteiger partial charge in [-0.1, -0.05) is 0 Å². The van der Waals surface area contributed by atoms with Gasteiger partial charge >= 0.3 is 44.5 Å². The summed E-state index contributed by atoms with van der Waals surface area (Å²) < 4.78 is 0. The Morgan fingerprint density at radius 1 is 2.00 bits per heavy atom. The quantitative estimate of drug-likeness (QED) is 0.465. The molecule has 0 amide bonds. The predicted octanol–water partition coefficient (Wildman–Crippen LogP) is 0.943. The minimum atomic E-state index is 0.0811. The first-order chi connectivity index (χ1) is 1.91. The molecule has 0 N–H and O–H groups in total. The molecule has 0 bridgehead atoms. The third-order valence-electron chi connectivity index (χ3n) is 0.189. The normalized spacial score (nSPS) is 10.5. The van der Waals surface area contributed by atoms with E-state index in [9.17, 15) is 0 Å². The van der Waals surface area contributed by atoms with E-state index in [-0.39, 0.29) is 12.1 Å². The summed E-state index contributed by atoms with van der Waals surface area (Å²) >= 11 is 2.62. The van der Waals surface area contributed by atoms with Crippen LogP contribution in [0.3, 0.4) is 0 Å². The molecule has 2 heteroatoms. The van der Waals surface area contributed by atoms with Gasteiger partial charge in [0, 0.05) is 0 Å².